The molecule has 1 aromatic carbocycles. The molecule has 5 heteroatoms. The van der Waals surface area contributed by atoms with Gasteiger partial charge in [-0.3, -0.25) is 0 Å². The molecule has 0 aromatic heterocycles. The first-order valence-electron chi connectivity index (χ1n) is 7.54. The van der Waals surface area contributed by atoms with E-state index in [1.807, 2.05) is 6.92 Å². The average Bonchev–Trinajstić information content (AvgIpc) is 2.92. The van der Waals surface area contributed by atoms with Crippen LogP contribution in [0.4, 0.5) is 4.39 Å². The van der Waals surface area contributed by atoms with Crippen LogP contribution in [0.2, 0.25) is 0 Å². The van der Waals surface area contributed by atoms with E-state index in [-0.39, 0.29) is 12.4 Å². The van der Waals surface area contributed by atoms with Gasteiger partial charge in [0.05, 0.1) is 6.61 Å². The molecule has 1 aliphatic rings. The Kier molecular flexibility index (Phi) is 6.42. The summed E-state index contributed by atoms with van der Waals surface area (Å²) in [4.78, 5) is 2.24. The molecule has 0 saturated carbocycles. The summed E-state index contributed by atoms with van der Waals surface area (Å²) < 4.78 is 23.7. The molecule has 2 rings (SSSR count). The Hall–Kier alpha value is -1.17. The fraction of sp³-hybridized carbons (Fsp3) is 0.625. The predicted octanol–water partition coefficient (Wildman–Crippen LogP) is 1.92. The molecule has 0 spiro atoms. The zero-order valence-corrected chi connectivity index (χ0v) is 12.5. The third-order valence-electron chi connectivity index (χ3n) is 3.65. The molecule has 1 aromatic rings. The number of aliphatic hydroxyl groups is 1. The van der Waals surface area contributed by atoms with Gasteiger partial charge in [-0.05, 0) is 50.1 Å². The molecule has 1 aliphatic heterocycles. The molecule has 0 amide bonds. The van der Waals surface area contributed by atoms with Crippen LogP contribution in [-0.4, -0.2) is 55.6 Å². The Morgan fingerprint density at radius 3 is 2.86 bits per heavy atom. The van der Waals surface area contributed by atoms with Crippen molar-refractivity contribution in [1.82, 2.24) is 4.90 Å². The van der Waals surface area contributed by atoms with Gasteiger partial charge in [0.1, 0.15) is 24.3 Å². The lowest BCUT2D eigenvalue weighted by Crippen LogP contribution is -2.34. The predicted molar refractivity (Wildman–Crippen MR) is 78.9 cm³/mol. The van der Waals surface area contributed by atoms with Crippen LogP contribution in [0.15, 0.2) is 24.3 Å². The van der Waals surface area contributed by atoms with E-state index in [1.165, 1.54) is 12.1 Å². The number of likely N-dealkylation sites (tertiary alicyclic amines) is 1. The second-order valence-electron chi connectivity index (χ2n) is 5.49. The van der Waals surface area contributed by atoms with E-state index < -0.39 is 6.10 Å². The first-order valence-corrected chi connectivity index (χ1v) is 7.54. The van der Waals surface area contributed by atoms with Gasteiger partial charge in [-0.1, -0.05) is 0 Å². The van der Waals surface area contributed by atoms with Crippen molar-refractivity contribution in [2.45, 2.75) is 19.4 Å². The lowest BCUT2D eigenvalue weighted by molar-refractivity contribution is 0.0701. The Labute approximate surface area is 125 Å². The smallest absolute Gasteiger partial charge is 0.123 e. The Balaban J connectivity index is 1.65. The average molecular weight is 297 g/mol. The lowest BCUT2D eigenvalue weighted by atomic mass is 10.1. The van der Waals surface area contributed by atoms with Crippen LogP contribution >= 0.6 is 0 Å². The molecule has 1 N–H and O–H groups in total. The number of ether oxygens (including phenoxy) is 2. The molecule has 0 radical (unpaired) electrons. The van der Waals surface area contributed by atoms with Gasteiger partial charge in [0.2, 0.25) is 0 Å². The van der Waals surface area contributed by atoms with Crippen molar-refractivity contribution in [3.05, 3.63) is 30.1 Å². The van der Waals surface area contributed by atoms with Crippen LogP contribution in [0, 0.1) is 11.7 Å². The summed E-state index contributed by atoms with van der Waals surface area (Å²) in [5.74, 6) is 0.849. The SMILES string of the molecule is CCOCC1CCN(CC(O)COc2ccc(F)cc2)C1. The standard InChI is InChI=1S/C16H24FNO3/c1-2-20-11-13-7-8-18(9-13)10-15(19)12-21-16-5-3-14(17)4-6-16/h3-6,13,15,19H,2,7-12H2,1H3. The van der Waals surface area contributed by atoms with E-state index in [1.54, 1.807) is 12.1 Å². The molecule has 1 heterocycles. The van der Waals surface area contributed by atoms with Gasteiger partial charge in [0.25, 0.3) is 0 Å². The number of β-amino-alcohol motifs (C(OH)–C–C–N with tert-alkyl or cyclic N) is 1. The molecular formula is C16H24FNO3. The zero-order valence-electron chi connectivity index (χ0n) is 12.5. The quantitative estimate of drug-likeness (QED) is 0.796. The van der Waals surface area contributed by atoms with Crippen molar-refractivity contribution in [1.29, 1.82) is 0 Å². The minimum absolute atomic E-state index is 0.220. The van der Waals surface area contributed by atoms with Gasteiger partial charge in [-0.15, -0.1) is 0 Å². The summed E-state index contributed by atoms with van der Waals surface area (Å²) in [6, 6.07) is 5.83. The van der Waals surface area contributed by atoms with Gasteiger partial charge < -0.3 is 19.5 Å². The topological polar surface area (TPSA) is 41.9 Å². The molecule has 1 fully saturated rings. The molecule has 118 valence electrons. The molecule has 2 atom stereocenters. The minimum Gasteiger partial charge on any atom is -0.491 e. The largest absolute Gasteiger partial charge is 0.491 e. The van der Waals surface area contributed by atoms with Crippen LogP contribution in [-0.2, 0) is 4.74 Å². The van der Waals surface area contributed by atoms with E-state index in [4.69, 9.17) is 9.47 Å². The second-order valence-corrected chi connectivity index (χ2v) is 5.49. The first kappa shape index (κ1) is 16.2. The Morgan fingerprint density at radius 2 is 2.14 bits per heavy atom. The van der Waals surface area contributed by atoms with E-state index in [0.717, 1.165) is 32.7 Å². The van der Waals surface area contributed by atoms with Gasteiger partial charge in [0.15, 0.2) is 0 Å². The monoisotopic (exact) mass is 297 g/mol. The van der Waals surface area contributed by atoms with Crippen LogP contribution in [0.5, 0.6) is 5.75 Å². The first-order chi connectivity index (χ1) is 10.2. The van der Waals surface area contributed by atoms with Crippen molar-refractivity contribution < 1.29 is 19.0 Å². The third-order valence-corrected chi connectivity index (χ3v) is 3.65. The molecule has 1 saturated heterocycles. The highest BCUT2D eigenvalue weighted by atomic mass is 19.1. The normalized spacial score (nSPS) is 20.6. The molecule has 21 heavy (non-hydrogen) atoms. The number of halogens is 1. The second kappa shape index (κ2) is 8.32. The summed E-state index contributed by atoms with van der Waals surface area (Å²) in [5, 5.41) is 10.0. The maximum Gasteiger partial charge on any atom is 0.123 e. The van der Waals surface area contributed by atoms with Crippen molar-refractivity contribution in [2.24, 2.45) is 5.92 Å². The fourth-order valence-electron chi connectivity index (χ4n) is 2.57. The molecule has 0 aliphatic carbocycles. The van der Waals surface area contributed by atoms with Crippen molar-refractivity contribution in [3.8, 4) is 5.75 Å². The maximum absolute atomic E-state index is 12.8. The molecular weight excluding hydrogens is 273 g/mol. The number of aliphatic hydroxyl groups excluding tert-OH is 1. The van der Waals surface area contributed by atoms with Crippen LogP contribution in [0.25, 0.3) is 0 Å². The van der Waals surface area contributed by atoms with Gasteiger partial charge in [-0.2, -0.15) is 0 Å². The third kappa shape index (κ3) is 5.61. The van der Waals surface area contributed by atoms with Crippen LogP contribution in [0.3, 0.4) is 0 Å². The molecule has 2 unspecified atom stereocenters. The highest BCUT2D eigenvalue weighted by Crippen LogP contribution is 2.17. The lowest BCUT2D eigenvalue weighted by Gasteiger charge is -2.20. The number of hydrogen-bond donors (Lipinski definition) is 1. The number of hydrogen-bond acceptors (Lipinski definition) is 4. The summed E-state index contributed by atoms with van der Waals surface area (Å²) in [5.41, 5.74) is 0. The highest BCUT2D eigenvalue weighted by Gasteiger charge is 2.24. The Bertz CT molecular complexity index is 412. The van der Waals surface area contributed by atoms with Gasteiger partial charge in [-0.25, -0.2) is 4.39 Å². The van der Waals surface area contributed by atoms with Crippen LogP contribution in [0.1, 0.15) is 13.3 Å². The van der Waals surface area contributed by atoms with Gasteiger partial charge in [0, 0.05) is 19.7 Å². The summed E-state index contributed by atoms with van der Waals surface area (Å²) in [7, 11) is 0. The summed E-state index contributed by atoms with van der Waals surface area (Å²) in [6.45, 7) is 6.34. The van der Waals surface area contributed by atoms with E-state index in [9.17, 15) is 9.50 Å². The number of rotatable bonds is 8. The van der Waals surface area contributed by atoms with Crippen molar-refractivity contribution in [3.63, 3.8) is 0 Å². The number of nitrogens with zero attached hydrogens (tertiary/aromatic N) is 1. The van der Waals surface area contributed by atoms with Gasteiger partial charge >= 0.3 is 0 Å². The minimum atomic E-state index is -0.541. The van der Waals surface area contributed by atoms with E-state index in [2.05, 4.69) is 4.90 Å². The zero-order chi connectivity index (χ0) is 15.1. The van der Waals surface area contributed by atoms with E-state index in [0.29, 0.717) is 18.2 Å². The molecule has 4 nitrogen and oxygen atoms in total. The Morgan fingerprint density at radius 1 is 1.38 bits per heavy atom. The van der Waals surface area contributed by atoms with Crippen LogP contribution < -0.4 is 4.74 Å². The summed E-state index contributed by atoms with van der Waals surface area (Å²) in [6.07, 6.45) is 0.576. The number of benzene rings is 1. The molecule has 0 bridgehead atoms. The van der Waals surface area contributed by atoms with E-state index >= 15 is 0 Å². The van der Waals surface area contributed by atoms with Crippen molar-refractivity contribution in [2.75, 3.05) is 39.5 Å². The fourth-order valence-corrected chi connectivity index (χ4v) is 2.57. The van der Waals surface area contributed by atoms with Crippen molar-refractivity contribution >= 4 is 0 Å². The highest BCUT2D eigenvalue weighted by molar-refractivity contribution is 5.22. The summed E-state index contributed by atoms with van der Waals surface area (Å²) >= 11 is 0. The maximum atomic E-state index is 12.8.